The number of hydrogen-bond acceptors (Lipinski definition) is 5. The molecule has 0 amide bonds. The predicted octanol–water partition coefficient (Wildman–Crippen LogP) is 12.5. The van der Waals surface area contributed by atoms with E-state index in [1.54, 1.807) is 18.2 Å². The lowest BCUT2D eigenvalue weighted by Gasteiger charge is -2.09. The first-order valence-corrected chi connectivity index (χ1v) is 16.5. The number of nitrogens with zero attached hydrogens (tertiary/aromatic N) is 3. The van der Waals surface area contributed by atoms with Gasteiger partial charge in [0, 0.05) is 47.6 Å². The molecule has 0 atom stereocenters. The van der Waals surface area contributed by atoms with Crippen molar-refractivity contribution >= 4 is 53.4 Å². The minimum atomic E-state index is -0.616. The van der Waals surface area contributed by atoms with E-state index in [1.807, 2.05) is 78.9 Å². The van der Waals surface area contributed by atoms with Crippen molar-refractivity contribution in [1.82, 2.24) is 15.0 Å². The molecule has 0 saturated heterocycles. The van der Waals surface area contributed by atoms with Crippen LogP contribution >= 0.6 is 11.3 Å². The molecule has 3 heterocycles. The molecule has 0 radical (unpaired) electrons. The number of rotatable bonds is 5. The van der Waals surface area contributed by atoms with Gasteiger partial charge in [0.2, 0.25) is 0 Å². The standard InChI is InChI=1S/C45H27N3OS/c1-4-13-28(14-5-1)37-25-32(26-38-34-19-10-11-22-40(34)50-42(37)38)31-23-24-33-35-20-12-21-36(41(35)49-39(33)27-31)45-47-43(29-15-6-2-7-16-29)46-44(48-45)30-17-8-3-9-18-30/h1-27H/i1D,4D,5D,10D,11D,13D,14D,19D,22D,25D,26D. The fourth-order valence-electron chi connectivity index (χ4n) is 6.21. The number of hydrogen-bond donors (Lipinski definition) is 0. The van der Waals surface area contributed by atoms with Gasteiger partial charge in [-0.25, -0.2) is 15.0 Å². The predicted molar refractivity (Wildman–Crippen MR) is 207 cm³/mol. The molecule has 0 bridgehead atoms. The normalized spacial score (nSPS) is 14.7. The second-order valence-corrected chi connectivity index (χ2v) is 12.6. The smallest absolute Gasteiger partial charge is 0.167 e. The molecular formula is C45H27N3OS. The summed E-state index contributed by atoms with van der Waals surface area (Å²) < 4.78 is 103. The van der Waals surface area contributed by atoms with Gasteiger partial charge in [-0.1, -0.05) is 127 Å². The number of para-hydroxylation sites is 1. The summed E-state index contributed by atoms with van der Waals surface area (Å²) in [5.41, 5.74) is 3.05. The molecule has 7 aromatic carbocycles. The van der Waals surface area contributed by atoms with Crippen molar-refractivity contribution in [2.45, 2.75) is 0 Å². The van der Waals surface area contributed by atoms with E-state index < -0.39 is 48.3 Å². The molecule has 3 aromatic heterocycles. The monoisotopic (exact) mass is 668 g/mol. The van der Waals surface area contributed by atoms with Crippen molar-refractivity contribution in [2.75, 3.05) is 0 Å². The summed E-state index contributed by atoms with van der Waals surface area (Å²) in [5, 5.41) is 1.57. The van der Waals surface area contributed by atoms with Crippen LogP contribution < -0.4 is 0 Å². The zero-order chi connectivity index (χ0) is 42.6. The lowest BCUT2D eigenvalue weighted by molar-refractivity contribution is 0.669. The van der Waals surface area contributed by atoms with Gasteiger partial charge in [0.15, 0.2) is 17.5 Å². The fraction of sp³-hybridized carbons (Fsp3) is 0. The van der Waals surface area contributed by atoms with E-state index in [0.717, 1.165) is 27.8 Å². The number of thiophene rings is 1. The molecular weight excluding hydrogens is 631 g/mol. The number of furan rings is 1. The van der Waals surface area contributed by atoms with E-state index >= 15 is 0 Å². The Bertz CT molecular complexity index is 3420. The summed E-state index contributed by atoms with van der Waals surface area (Å²) in [4.78, 5) is 14.6. The SMILES string of the molecule is [2H]c1c([2H])c([2H])c(-c2c([2H])c(-c3ccc4c(c3)oc3c(-c5nc(-c6ccccc6)nc(-c6ccccc6)n5)cccc34)c([2H])c3c2sc2c([2H])c([2H])c([2H])c([2H])c23)c([2H])c1[2H]. The molecule has 0 fully saturated rings. The molecule has 0 saturated carbocycles. The average molecular weight is 669 g/mol. The first-order valence-electron chi connectivity index (χ1n) is 21.2. The van der Waals surface area contributed by atoms with Crippen molar-refractivity contribution < 1.29 is 19.5 Å². The van der Waals surface area contributed by atoms with Crippen molar-refractivity contribution in [3.8, 4) is 56.4 Å². The van der Waals surface area contributed by atoms with Gasteiger partial charge in [-0.3, -0.25) is 0 Å². The molecule has 4 nitrogen and oxygen atoms in total. The Kier molecular flexibility index (Phi) is 4.54. The van der Waals surface area contributed by atoms with Gasteiger partial charge in [-0.05, 0) is 53.0 Å². The van der Waals surface area contributed by atoms with E-state index in [0.29, 0.717) is 45.2 Å². The summed E-state index contributed by atoms with van der Waals surface area (Å²) in [6, 6.07) is 24.7. The quantitative estimate of drug-likeness (QED) is 0.183. The van der Waals surface area contributed by atoms with Crippen LogP contribution in [0.1, 0.15) is 15.1 Å². The molecule has 5 heteroatoms. The molecule has 0 aliphatic heterocycles. The third-order valence-electron chi connectivity index (χ3n) is 8.54. The maximum absolute atomic E-state index is 9.67. The van der Waals surface area contributed by atoms with Crippen LogP contribution in [0.25, 0.3) is 98.5 Å². The lowest BCUT2D eigenvalue weighted by Crippen LogP contribution is -2.00. The van der Waals surface area contributed by atoms with Crippen LogP contribution in [0.3, 0.4) is 0 Å². The van der Waals surface area contributed by atoms with E-state index in [-0.39, 0.29) is 55.0 Å². The van der Waals surface area contributed by atoms with E-state index in [4.69, 9.17) is 31.7 Å². The Balaban J connectivity index is 1.24. The molecule has 0 unspecified atom stereocenters. The molecule has 0 aliphatic rings. The van der Waals surface area contributed by atoms with Crippen LogP contribution in [0.4, 0.5) is 0 Å². The van der Waals surface area contributed by atoms with E-state index in [9.17, 15) is 2.74 Å². The Hall–Kier alpha value is -6.43. The lowest BCUT2D eigenvalue weighted by atomic mass is 9.95. The van der Waals surface area contributed by atoms with Gasteiger partial charge in [0.1, 0.15) is 11.2 Å². The average Bonchev–Trinajstić information content (AvgIpc) is 3.87. The third kappa shape index (κ3) is 4.79. The maximum atomic E-state index is 9.67. The zero-order valence-electron chi connectivity index (χ0n) is 36.9. The Morgan fingerprint density at radius 3 is 1.94 bits per heavy atom. The minimum absolute atomic E-state index is 0.0153. The largest absolute Gasteiger partial charge is 0.455 e. The van der Waals surface area contributed by atoms with Gasteiger partial charge in [-0.15, -0.1) is 11.3 Å². The van der Waals surface area contributed by atoms with Gasteiger partial charge < -0.3 is 4.42 Å². The Labute approximate surface area is 307 Å². The molecule has 10 rings (SSSR count). The van der Waals surface area contributed by atoms with Gasteiger partial charge in [0.05, 0.1) is 20.6 Å². The Morgan fingerprint density at radius 1 is 0.480 bits per heavy atom. The summed E-state index contributed by atoms with van der Waals surface area (Å²) in [5.74, 6) is 1.32. The summed E-state index contributed by atoms with van der Waals surface area (Å²) in [7, 11) is 0. The summed E-state index contributed by atoms with van der Waals surface area (Å²) in [6.07, 6.45) is 0. The summed E-state index contributed by atoms with van der Waals surface area (Å²) in [6.45, 7) is 0. The fourth-order valence-corrected chi connectivity index (χ4v) is 7.28. The van der Waals surface area contributed by atoms with Gasteiger partial charge in [0.25, 0.3) is 0 Å². The van der Waals surface area contributed by atoms with Crippen LogP contribution in [0.5, 0.6) is 0 Å². The van der Waals surface area contributed by atoms with Crippen molar-refractivity contribution in [3.05, 3.63) is 164 Å². The van der Waals surface area contributed by atoms with E-state index in [2.05, 4.69) is 0 Å². The topological polar surface area (TPSA) is 51.8 Å². The highest BCUT2D eigenvalue weighted by molar-refractivity contribution is 7.26. The van der Waals surface area contributed by atoms with Crippen molar-refractivity contribution in [1.29, 1.82) is 0 Å². The number of fused-ring (bicyclic) bond motifs is 6. The highest BCUT2D eigenvalue weighted by Crippen LogP contribution is 2.44. The maximum Gasteiger partial charge on any atom is 0.167 e. The third-order valence-corrected chi connectivity index (χ3v) is 9.66. The Morgan fingerprint density at radius 2 is 1.18 bits per heavy atom. The first kappa shape index (κ1) is 19.5. The summed E-state index contributed by atoms with van der Waals surface area (Å²) >= 11 is 0.895. The first-order chi connectivity index (χ1) is 29.3. The molecule has 234 valence electrons. The van der Waals surface area contributed by atoms with Crippen molar-refractivity contribution in [2.24, 2.45) is 0 Å². The van der Waals surface area contributed by atoms with Gasteiger partial charge in [-0.2, -0.15) is 0 Å². The van der Waals surface area contributed by atoms with Gasteiger partial charge >= 0.3 is 0 Å². The van der Waals surface area contributed by atoms with Crippen LogP contribution in [-0.2, 0) is 0 Å². The number of benzene rings is 7. The highest BCUT2D eigenvalue weighted by atomic mass is 32.1. The molecule has 0 spiro atoms. The molecule has 0 N–H and O–H groups in total. The van der Waals surface area contributed by atoms with Crippen LogP contribution in [0, 0.1) is 0 Å². The second-order valence-electron chi connectivity index (χ2n) is 11.5. The van der Waals surface area contributed by atoms with E-state index in [1.165, 1.54) is 0 Å². The van der Waals surface area contributed by atoms with Crippen LogP contribution in [-0.4, -0.2) is 15.0 Å². The molecule has 10 aromatic rings. The van der Waals surface area contributed by atoms with Crippen LogP contribution in [0.2, 0.25) is 0 Å². The van der Waals surface area contributed by atoms with Crippen molar-refractivity contribution in [3.63, 3.8) is 0 Å². The molecule has 50 heavy (non-hydrogen) atoms. The number of aromatic nitrogens is 3. The minimum Gasteiger partial charge on any atom is -0.455 e. The second kappa shape index (κ2) is 11.6. The zero-order valence-corrected chi connectivity index (χ0v) is 26.7. The molecule has 0 aliphatic carbocycles. The van der Waals surface area contributed by atoms with Crippen LogP contribution in [0.15, 0.2) is 168 Å². The highest BCUT2D eigenvalue weighted by Gasteiger charge is 2.19.